The molecule has 0 atom stereocenters. The van der Waals surface area contributed by atoms with Gasteiger partial charge in [-0.2, -0.15) is 4.98 Å². The van der Waals surface area contributed by atoms with Crippen molar-refractivity contribution in [3.8, 4) is 11.3 Å². The quantitative estimate of drug-likeness (QED) is 0.583. The van der Waals surface area contributed by atoms with Crippen LogP contribution in [0.2, 0.25) is 5.02 Å². The van der Waals surface area contributed by atoms with Gasteiger partial charge in [0.1, 0.15) is 5.82 Å². The molecule has 0 fully saturated rings. The Labute approximate surface area is 159 Å². The summed E-state index contributed by atoms with van der Waals surface area (Å²) in [6.45, 7) is 8.19. The Kier molecular flexibility index (Phi) is 5.43. The lowest BCUT2D eigenvalue weighted by atomic mass is 10.1. The molecule has 1 aromatic heterocycles. The first-order valence-corrected chi connectivity index (χ1v) is 9.05. The van der Waals surface area contributed by atoms with Crippen molar-refractivity contribution in [1.82, 2.24) is 9.97 Å². The normalized spacial score (nSPS) is 10.8. The molecule has 0 amide bonds. The fourth-order valence-electron chi connectivity index (χ4n) is 2.73. The highest BCUT2D eigenvalue weighted by Crippen LogP contribution is 2.30. The van der Waals surface area contributed by atoms with Crippen LogP contribution in [0.5, 0.6) is 0 Å². The minimum atomic E-state index is 0.239. The smallest absolute Gasteiger partial charge is 0.225 e. The van der Waals surface area contributed by atoms with E-state index in [4.69, 9.17) is 11.6 Å². The molecule has 0 unspecified atom stereocenters. The maximum atomic E-state index is 6.29. The van der Waals surface area contributed by atoms with Crippen molar-refractivity contribution in [2.75, 3.05) is 10.6 Å². The van der Waals surface area contributed by atoms with Crippen molar-refractivity contribution >= 4 is 29.1 Å². The summed E-state index contributed by atoms with van der Waals surface area (Å²) in [5, 5.41) is 7.46. The van der Waals surface area contributed by atoms with Gasteiger partial charge in [0, 0.05) is 28.4 Å². The van der Waals surface area contributed by atoms with E-state index in [1.54, 1.807) is 0 Å². The van der Waals surface area contributed by atoms with Crippen LogP contribution in [0.25, 0.3) is 11.3 Å². The van der Waals surface area contributed by atoms with Crippen LogP contribution in [-0.2, 0) is 0 Å². The molecule has 26 heavy (non-hydrogen) atoms. The van der Waals surface area contributed by atoms with Gasteiger partial charge in [-0.1, -0.05) is 48.0 Å². The minimum absolute atomic E-state index is 0.239. The number of aromatic nitrogens is 2. The SMILES string of the molecule is Cc1ccc(Cl)c(C)c1Nc1cc(-c2ccccc2)nc(NC(C)C)n1. The van der Waals surface area contributed by atoms with E-state index in [0.717, 1.165) is 38.9 Å². The van der Waals surface area contributed by atoms with E-state index in [-0.39, 0.29) is 6.04 Å². The average molecular weight is 367 g/mol. The number of nitrogens with zero attached hydrogens (tertiary/aromatic N) is 2. The zero-order valence-electron chi connectivity index (χ0n) is 15.5. The van der Waals surface area contributed by atoms with Crippen LogP contribution in [0, 0.1) is 13.8 Å². The molecule has 0 saturated heterocycles. The first-order chi connectivity index (χ1) is 12.4. The van der Waals surface area contributed by atoms with E-state index in [1.165, 1.54) is 0 Å². The third kappa shape index (κ3) is 4.14. The van der Waals surface area contributed by atoms with Crippen LogP contribution in [0.4, 0.5) is 17.5 Å². The topological polar surface area (TPSA) is 49.8 Å². The number of aryl methyl sites for hydroxylation is 1. The molecule has 4 nitrogen and oxygen atoms in total. The molecule has 5 heteroatoms. The molecule has 1 heterocycles. The van der Waals surface area contributed by atoms with E-state index >= 15 is 0 Å². The fourth-order valence-corrected chi connectivity index (χ4v) is 2.89. The Morgan fingerprint density at radius 3 is 2.38 bits per heavy atom. The summed E-state index contributed by atoms with van der Waals surface area (Å²) in [6, 6.07) is 16.2. The first kappa shape index (κ1) is 18.2. The van der Waals surface area contributed by atoms with Crippen molar-refractivity contribution in [2.24, 2.45) is 0 Å². The Balaban J connectivity index is 2.05. The molecule has 3 rings (SSSR count). The molecular weight excluding hydrogens is 344 g/mol. The number of hydrogen-bond donors (Lipinski definition) is 2. The van der Waals surface area contributed by atoms with Gasteiger partial charge < -0.3 is 10.6 Å². The summed E-state index contributed by atoms with van der Waals surface area (Å²) < 4.78 is 0. The monoisotopic (exact) mass is 366 g/mol. The van der Waals surface area contributed by atoms with Gasteiger partial charge in [-0.25, -0.2) is 4.98 Å². The first-order valence-electron chi connectivity index (χ1n) is 8.68. The summed E-state index contributed by atoms with van der Waals surface area (Å²) >= 11 is 6.29. The van der Waals surface area contributed by atoms with Crippen LogP contribution in [0.15, 0.2) is 48.5 Å². The number of nitrogens with one attached hydrogen (secondary N) is 2. The van der Waals surface area contributed by atoms with Gasteiger partial charge >= 0.3 is 0 Å². The highest BCUT2D eigenvalue weighted by atomic mass is 35.5. The van der Waals surface area contributed by atoms with Gasteiger partial charge in [0.25, 0.3) is 0 Å². The van der Waals surface area contributed by atoms with Gasteiger partial charge in [-0.05, 0) is 44.9 Å². The second-order valence-corrected chi connectivity index (χ2v) is 7.02. The van der Waals surface area contributed by atoms with Crippen molar-refractivity contribution in [3.63, 3.8) is 0 Å². The molecular formula is C21H23ClN4. The maximum Gasteiger partial charge on any atom is 0.225 e. The molecule has 2 aromatic carbocycles. The second-order valence-electron chi connectivity index (χ2n) is 6.62. The zero-order chi connectivity index (χ0) is 18.7. The van der Waals surface area contributed by atoms with E-state index in [1.807, 2.05) is 55.5 Å². The Morgan fingerprint density at radius 1 is 0.962 bits per heavy atom. The van der Waals surface area contributed by atoms with Gasteiger partial charge in [0.15, 0.2) is 0 Å². The molecule has 0 saturated carbocycles. The lowest BCUT2D eigenvalue weighted by Gasteiger charge is -2.16. The Hall–Kier alpha value is -2.59. The maximum absolute atomic E-state index is 6.29. The largest absolute Gasteiger partial charge is 0.352 e. The second kappa shape index (κ2) is 7.75. The number of halogens is 1. The van der Waals surface area contributed by atoms with E-state index < -0.39 is 0 Å². The summed E-state index contributed by atoms with van der Waals surface area (Å²) in [5.74, 6) is 1.33. The predicted molar refractivity (Wildman–Crippen MR) is 110 cm³/mol. The minimum Gasteiger partial charge on any atom is -0.352 e. The van der Waals surface area contributed by atoms with E-state index in [9.17, 15) is 0 Å². The lowest BCUT2D eigenvalue weighted by Crippen LogP contribution is -2.13. The van der Waals surface area contributed by atoms with Crippen molar-refractivity contribution in [2.45, 2.75) is 33.7 Å². The summed E-state index contributed by atoms with van der Waals surface area (Å²) in [5.41, 5.74) is 5.01. The Bertz CT molecular complexity index is 907. The van der Waals surface area contributed by atoms with Crippen LogP contribution in [-0.4, -0.2) is 16.0 Å². The molecule has 3 aromatic rings. The van der Waals surface area contributed by atoms with Crippen LogP contribution < -0.4 is 10.6 Å². The fraction of sp³-hybridized carbons (Fsp3) is 0.238. The predicted octanol–water partition coefficient (Wildman–Crippen LogP) is 5.98. The van der Waals surface area contributed by atoms with Crippen LogP contribution in [0.1, 0.15) is 25.0 Å². The third-order valence-corrected chi connectivity index (χ3v) is 4.48. The lowest BCUT2D eigenvalue weighted by molar-refractivity contribution is 0.876. The van der Waals surface area contributed by atoms with Gasteiger partial charge in [-0.3, -0.25) is 0 Å². The molecule has 0 spiro atoms. The molecule has 2 N–H and O–H groups in total. The highest BCUT2D eigenvalue weighted by molar-refractivity contribution is 6.31. The standard InChI is InChI=1S/C21H23ClN4/c1-13(2)23-21-24-18(16-8-6-5-7-9-16)12-19(26-21)25-20-14(3)10-11-17(22)15(20)4/h5-13H,1-4H3,(H2,23,24,25,26). The number of rotatable bonds is 5. The molecule has 0 radical (unpaired) electrons. The van der Waals surface area contributed by atoms with Crippen LogP contribution >= 0.6 is 11.6 Å². The Morgan fingerprint density at radius 2 is 1.69 bits per heavy atom. The van der Waals surface area contributed by atoms with Gasteiger partial charge in [-0.15, -0.1) is 0 Å². The van der Waals surface area contributed by atoms with Gasteiger partial charge in [0.2, 0.25) is 5.95 Å². The van der Waals surface area contributed by atoms with Crippen LogP contribution in [0.3, 0.4) is 0 Å². The van der Waals surface area contributed by atoms with E-state index in [2.05, 4.69) is 41.4 Å². The summed E-state index contributed by atoms with van der Waals surface area (Å²) in [6.07, 6.45) is 0. The molecule has 0 aliphatic carbocycles. The van der Waals surface area contributed by atoms with Crippen molar-refractivity contribution in [3.05, 3.63) is 64.7 Å². The molecule has 0 aliphatic heterocycles. The molecule has 0 aliphatic rings. The molecule has 0 bridgehead atoms. The number of benzene rings is 2. The number of hydrogen-bond acceptors (Lipinski definition) is 4. The van der Waals surface area contributed by atoms with Gasteiger partial charge in [0.05, 0.1) is 5.69 Å². The van der Waals surface area contributed by atoms with E-state index in [0.29, 0.717) is 5.95 Å². The third-order valence-electron chi connectivity index (χ3n) is 4.07. The molecule has 134 valence electrons. The summed E-state index contributed by atoms with van der Waals surface area (Å²) in [4.78, 5) is 9.29. The zero-order valence-corrected chi connectivity index (χ0v) is 16.2. The summed E-state index contributed by atoms with van der Waals surface area (Å²) in [7, 11) is 0. The average Bonchev–Trinajstić information content (AvgIpc) is 2.62. The number of anilines is 3. The van der Waals surface area contributed by atoms with Crippen molar-refractivity contribution < 1.29 is 0 Å². The highest BCUT2D eigenvalue weighted by Gasteiger charge is 2.11. The van der Waals surface area contributed by atoms with Crippen molar-refractivity contribution in [1.29, 1.82) is 0 Å².